The van der Waals surface area contributed by atoms with Gasteiger partial charge in [-0.1, -0.05) is 18.6 Å². The lowest BCUT2D eigenvalue weighted by Gasteiger charge is -2.62. The Morgan fingerprint density at radius 2 is 1.97 bits per heavy atom. The summed E-state index contributed by atoms with van der Waals surface area (Å²) in [6, 6.07) is 2.32. The number of ether oxygens (including phenoxy) is 1. The molecule has 0 aromatic carbocycles. The van der Waals surface area contributed by atoms with Crippen LogP contribution in [0.25, 0.3) is 0 Å². The van der Waals surface area contributed by atoms with E-state index in [-0.39, 0.29) is 5.41 Å². The SMILES string of the molecule is C[C@]12CCCC=C1CC[C@@H]1[C@@H]2CC[C@]2(COCCN3CCCC3)[C@@H](c3ccsc3)CC[C@]12O. The lowest BCUT2D eigenvalue weighted by molar-refractivity contribution is -0.202. The maximum absolute atomic E-state index is 12.7. The predicted octanol–water partition coefficient (Wildman–Crippen LogP) is 6.39. The smallest absolute Gasteiger partial charge is 0.0762 e. The summed E-state index contributed by atoms with van der Waals surface area (Å²) < 4.78 is 6.54. The molecule has 182 valence electrons. The van der Waals surface area contributed by atoms with Gasteiger partial charge in [-0.25, -0.2) is 0 Å². The molecule has 0 radical (unpaired) electrons. The van der Waals surface area contributed by atoms with Crippen molar-refractivity contribution in [2.45, 2.75) is 89.1 Å². The molecule has 1 saturated heterocycles. The minimum atomic E-state index is -0.581. The van der Waals surface area contributed by atoms with Crippen LogP contribution in [0.5, 0.6) is 0 Å². The molecule has 33 heavy (non-hydrogen) atoms. The van der Waals surface area contributed by atoms with Crippen LogP contribution >= 0.6 is 11.3 Å². The van der Waals surface area contributed by atoms with Crippen LogP contribution in [0.2, 0.25) is 0 Å². The fourth-order valence-electron chi connectivity index (χ4n) is 9.26. The second-order valence-electron chi connectivity index (χ2n) is 12.2. The van der Waals surface area contributed by atoms with Gasteiger partial charge in [-0.2, -0.15) is 11.3 Å². The van der Waals surface area contributed by atoms with Gasteiger partial charge in [0.1, 0.15) is 0 Å². The third kappa shape index (κ3) is 3.53. The number of nitrogens with zero attached hydrogens (tertiary/aromatic N) is 1. The van der Waals surface area contributed by atoms with Crippen LogP contribution in [-0.2, 0) is 4.74 Å². The molecular weight excluding hydrogens is 426 g/mol. The van der Waals surface area contributed by atoms with Gasteiger partial charge >= 0.3 is 0 Å². The van der Waals surface area contributed by atoms with E-state index in [9.17, 15) is 5.11 Å². The van der Waals surface area contributed by atoms with Crippen molar-refractivity contribution in [2.24, 2.45) is 22.7 Å². The molecule has 1 aromatic rings. The van der Waals surface area contributed by atoms with Crippen molar-refractivity contribution in [3.63, 3.8) is 0 Å². The highest BCUT2D eigenvalue weighted by Crippen LogP contribution is 2.70. The monoisotopic (exact) mass is 469 g/mol. The molecule has 1 N–H and O–H groups in total. The lowest BCUT2D eigenvalue weighted by atomic mass is 9.45. The van der Waals surface area contributed by atoms with Crippen LogP contribution in [-0.4, -0.2) is 48.5 Å². The Morgan fingerprint density at radius 3 is 2.79 bits per heavy atom. The van der Waals surface area contributed by atoms with Crippen LogP contribution in [0.3, 0.4) is 0 Å². The molecule has 2 heterocycles. The number of aliphatic hydroxyl groups is 1. The Balaban J connectivity index is 1.28. The summed E-state index contributed by atoms with van der Waals surface area (Å²) in [5.74, 6) is 1.51. The molecule has 0 unspecified atom stereocenters. The topological polar surface area (TPSA) is 32.7 Å². The summed E-state index contributed by atoms with van der Waals surface area (Å²) in [4.78, 5) is 2.55. The van der Waals surface area contributed by atoms with Crippen LogP contribution in [0, 0.1) is 22.7 Å². The minimum Gasteiger partial charge on any atom is -0.389 e. The largest absolute Gasteiger partial charge is 0.389 e. The zero-order chi connectivity index (χ0) is 22.5. The highest BCUT2D eigenvalue weighted by Gasteiger charge is 2.68. The van der Waals surface area contributed by atoms with E-state index in [0.29, 0.717) is 23.2 Å². The van der Waals surface area contributed by atoms with E-state index in [4.69, 9.17) is 4.74 Å². The van der Waals surface area contributed by atoms with Gasteiger partial charge in [0.05, 0.1) is 18.8 Å². The van der Waals surface area contributed by atoms with Crippen molar-refractivity contribution in [1.82, 2.24) is 4.90 Å². The van der Waals surface area contributed by atoms with Crippen LogP contribution in [0.1, 0.15) is 89.0 Å². The highest BCUT2D eigenvalue weighted by atomic mass is 32.1. The van der Waals surface area contributed by atoms with E-state index in [1.165, 1.54) is 70.0 Å². The molecule has 4 aliphatic carbocycles. The second-order valence-corrected chi connectivity index (χ2v) is 12.9. The number of thiophene rings is 1. The molecule has 0 bridgehead atoms. The van der Waals surface area contributed by atoms with E-state index in [2.05, 4.69) is 34.7 Å². The van der Waals surface area contributed by atoms with Crippen molar-refractivity contribution >= 4 is 11.3 Å². The number of likely N-dealkylation sites (tertiary alicyclic amines) is 1. The van der Waals surface area contributed by atoms with Gasteiger partial charge in [0.25, 0.3) is 0 Å². The van der Waals surface area contributed by atoms with E-state index >= 15 is 0 Å². The zero-order valence-electron chi connectivity index (χ0n) is 20.6. The Hall–Kier alpha value is -0.680. The molecule has 3 nitrogen and oxygen atoms in total. The second kappa shape index (κ2) is 8.76. The molecule has 1 aliphatic heterocycles. The number of rotatable bonds is 6. The number of hydrogen-bond acceptors (Lipinski definition) is 4. The maximum atomic E-state index is 12.7. The van der Waals surface area contributed by atoms with Crippen molar-refractivity contribution in [2.75, 3.05) is 32.8 Å². The Bertz CT molecular complexity index is 861. The summed E-state index contributed by atoms with van der Waals surface area (Å²) in [6.45, 7) is 7.61. The van der Waals surface area contributed by atoms with Crippen molar-refractivity contribution < 1.29 is 9.84 Å². The fraction of sp³-hybridized carbons (Fsp3) is 0.793. The molecule has 6 rings (SSSR count). The molecule has 5 aliphatic rings. The Labute approximate surface area is 204 Å². The molecule has 4 fully saturated rings. The number of fused-ring (bicyclic) bond motifs is 5. The molecule has 0 spiro atoms. The average Bonchev–Trinajstić information content (AvgIpc) is 3.57. The van der Waals surface area contributed by atoms with E-state index < -0.39 is 5.60 Å². The van der Waals surface area contributed by atoms with Crippen molar-refractivity contribution in [1.29, 1.82) is 0 Å². The van der Waals surface area contributed by atoms with Gasteiger partial charge in [-0.15, -0.1) is 0 Å². The maximum Gasteiger partial charge on any atom is 0.0762 e. The first-order valence-corrected chi connectivity index (χ1v) is 14.8. The lowest BCUT2D eigenvalue weighted by Crippen LogP contribution is -2.62. The first-order valence-electron chi connectivity index (χ1n) is 13.8. The molecule has 0 amide bonds. The number of allylic oxidation sites excluding steroid dienone is 2. The third-order valence-electron chi connectivity index (χ3n) is 11.0. The third-order valence-corrected chi connectivity index (χ3v) is 11.7. The molecular formula is C29H43NO2S. The van der Waals surface area contributed by atoms with Gasteiger partial charge in [-0.3, -0.25) is 0 Å². The van der Waals surface area contributed by atoms with Gasteiger partial charge in [-0.05, 0) is 129 Å². The summed E-state index contributed by atoms with van der Waals surface area (Å²) in [5.41, 5.74) is 2.80. The Morgan fingerprint density at radius 1 is 1.09 bits per heavy atom. The van der Waals surface area contributed by atoms with Gasteiger partial charge in [0.15, 0.2) is 0 Å². The standard InChI is InChI=1S/C29H43NO2S/c1-27-12-3-2-6-23(27)7-8-26-25(27)9-13-28(21-32-18-17-30-15-4-5-16-30)24(10-14-29(26,28)31)22-11-19-33-20-22/h6,11,19-20,24-26,31H,2-5,7-10,12-18,21H2,1H3/t24-,25+,26-,27+,28+,29+/m1/s1. The van der Waals surface area contributed by atoms with E-state index in [1.54, 1.807) is 5.57 Å². The van der Waals surface area contributed by atoms with Crippen LogP contribution in [0.15, 0.2) is 28.5 Å². The Kier molecular flexibility index (Phi) is 6.04. The number of hydrogen-bond donors (Lipinski definition) is 1. The first kappa shape index (κ1) is 22.8. The normalized spacial score (nSPS) is 43.1. The summed E-state index contributed by atoms with van der Waals surface area (Å²) >= 11 is 1.81. The summed E-state index contributed by atoms with van der Waals surface area (Å²) in [6.07, 6.45) is 16.0. The predicted molar refractivity (Wildman–Crippen MR) is 136 cm³/mol. The zero-order valence-corrected chi connectivity index (χ0v) is 21.4. The van der Waals surface area contributed by atoms with Crippen molar-refractivity contribution in [3.8, 4) is 0 Å². The first-order chi connectivity index (χ1) is 16.1. The quantitative estimate of drug-likeness (QED) is 0.387. The van der Waals surface area contributed by atoms with E-state index in [1.807, 2.05) is 11.3 Å². The highest BCUT2D eigenvalue weighted by molar-refractivity contribution is 7.08. The molecule has 3 saturated carbocycles. The van der Waals surface area contributed by atoms with Gasteiger partial charge in [0.2, 0.25) is 0 Å². The minimum absolute atomic E-state index is 0.119. The van der Waals surface area contributed by atoms with Crippen molar-refractivity contribution in [3.05, 3.63) is 34.0 Å². The molecule has 4 heteroatoms. The average molecular weight is 470 g/mol. The summed E-state index contributed by atoms with van der Waals surface area (Å²) in [7, 11) is 0. The molecule has 6 atom stereocenters. The van der Waals surface area contributed by atoms with Gasteiger partial charge < -0.3 is 14.7 Å². The molecule has 1 aromatic heterocycles. The van der Waals surface area contributed by atoms with Crippen LogP contribution < -0.4 is 0 Å². The van der Waals surface area contributed by atoms with Gasteiger partial charge in [0, 0.05) is 12.0 Å². The van der Waals surface area contributed by atoms with Crippen LogP contribution in [0.4, 0.5) is 0 Å². The van der Waals surface area contributed by atoms with E-state index in [0.717, 1.165) is 39.0 Å². The fourth-order valence-corrected chi connectivity index (χ4v) is 9.97. The summed E-state index contributed by atoms with van der Waals surface area (Å²) in [5, 5.41) is 17.3.